The van der Waals surface area contributed by atoms with Crippen molar-refractivity contribution in [3.8, 4) is 0 Å². The molecule has 16 heavy (non-hydrogen) atoms. The second-order valence-corrected chi connectivity index (χ2v) is 5.60. The smallest absolute Gasteiger partial charge is 0.0166 e. The lowest BCUT2D eigenvalue weighted by molar-refractivity contribution is 0.0861. The SMILES string of the molecule is CCCN(C)CCC(C)(C)N1CCNCC1. The number of nitrogens with one attached hydrogen (secondary N) is 1. The molecular weight excluding hydrogens is 198 g/mol. The fraction of sp³-hybridized carbons (Fsp3) is 1.00. The highest BCUT2D eigenvalue weighted by atomic mass is 15.2. The van der Waals surface area contributed by atoms with Crippen LogP contribution in [0.1, 0.15) is 33.6 Å². The molecule has 1 aliphatic heterocycles. The Balaban J connectivity index is 2.31. The van der Waals surface area contributed by atoms with Gasteiger partial charge in [-0.25, -0.2) is 0 Å². The average Bonchev–Trinajstić information content (AvgIpc) is 2.28. The van der Waals surface area contributed by atoms with Gasteiger partial charge in [0.05, 0.1) is 0 Å². The Kier molecular flexibility index (Phi) is 5.73. The van der Waals surface area contributed by atoms with Gasteiger partial charge >= 0.3 is 0 Å². The first-order valence-corrected chi connectivity index (χ1v) is 6.70. The van der Waals surface area contributed by atoms with Gasteiger partial charge in [0.15, 0.2) is 0 Å². The number of nitrogens with zero attached hydrogens (tertiary/aromatic N) is 2. The maximum atomic E-state index is 3.42. The molecule has 1 fully saturated rings. The Morgan fingerprint density at radius 2 is 1.81 bits per heavy atom. The van der Waals surface area contributed by atoms with Crippen molar-refractivity contribution in [2.24, 2.45) is 0 Å². The lowest BCUT2D eigenvalue weighted by atomic mass is 9.97. The number of hydrogen-bond acceptors (Lipinski definition) is 3. The minimum absolute atomic E-state index is 0.351. The quantitative estimate of drug-likeness (QED) is 0.740. The molecule has 0 aromatic heterocycles. The van der Waals surface area contributed by atoms with Gasteiger partial charge in [0.1, 0.15) is 0 Å². The van der Waals surface area contributed by atoms with Crippen molar-refractivity contribution in [3.63, 3.8) is 0 Å². The summed E-state index contributed by atoms with van der Waals surface area (Å²) in [4.78, 5) is 5.08. The van der Waals surface area contributed by atoms with Crippen LogP contribution in [-0.2, 0) is 0 Å². The molecule has 3 nitrogen and oxygen atoms in total. The van der Waals surface area contributed by atoms with E-state index in [4.69, 9.17) is 0 Å². The summed E-state index contributed by atoms with van der Waals surface area (Å²) < 4.78 is 0. The van der Waals surface area contributed by atoms with Crippen molar-refractivity contribution in [2.75, 3.05) is 46.3 Å². The summed E-state index contributed by atoms with van der Waals surface area (Å²) in [5, 5.41) is 3.42. The zero-order valence-corrected chi connectivity index (χ0v) is 11.6. The predicted molar refractivity (Wildman–Crippen MR) is 70.9 cm³/mol. The lowest BCUT2D eigenvalue weighted by Crippen LogP contribution is -2.54. The maximum absolute atomic E-state index is 3.42. The third kappa shape index (κ3) is 4.40. The van der Waals surface area contributed by atoms with E-state index < -0.39 is 0 Å². The van der Waals surface area contributed by atoms with Crippen molar-refractivity contribution in [2.45, 2.75) is 39.2 Å². The fourth-order valence-corrected chi connectivity index (χ4v) is 2.39. The summed E-state index contributed by atoms with van der Waals surface area (Å²) in [6.07, 6.45) is 2.52. The molecule has 0 aliphatic carbocycles. The summed E-state index contributed by atoms with van der Waals surface area (Å²) in [6.45, 7) is 14.1. The van der Waals surface area contributed by atoms with Crippen molar-refractivity contribution in [1.82, 2.24) is 15.1 Å². The van der Waals surface area contributed by atoms with Gasteiger partial charge in [-0.2, -0.15) is 0 Å². The van der Waals surface area contributed by atoms with E-state index in [-0.39, 0.29) is 0 Å². The molecular formula is C13H29N3. The Bertz CT molecular complexity index is 186. The first-order valence-electron chi connectivity index (χ1n) is 6.70. The minimum atomic E-state index is 0.351. The van der Waals surface area contributed by atoms with Crippen LogP contribution in [-0.4, -0.2) is 61.7 Å². The summed E-state index contributed by atoms with van der Waals surface area (Å²) in [6, 6.07) is 0. The Hall–Kier alpha value is -0.120. The van der Waals surface area contributed by atoms with Crippen molar-refractivity contribution in [1.29, 1.82) is 0 Å². The van der Waals surface area contributed by atoms with Crippen molar-refractivity contribution in [3.05, 3.63) is 0 Å². The summed E-state index contributed by atoms with van der Waals surface area (Å²) in [5.74, 6) is 0. The number of hydrogen-bond donors (Lipinski definition) is 1. The Labute approximate surface area is 101 Å². The van der Waals surface area contributed by atoms with E-state index in [2.05, 4.69) is 42.9 Å². The fourth-order valence-electron chi connectivity index (χ4n) is 2.39. The van der Waals surface area contributed by atoms with Crippen LogP contribution in [0.15, 0.2) is 0 Å². The summed E-state index contributed by atoms with van der Waals surface area (Å²) in [5.41, 5.74) is 0.351. The van der Waals surface area contributed by atoms with Crippen LogP contribution in [0, 0.1) is 0 Å². The zero-order chi connectivity index (χ0) is 12.0. The second-order valence-electron chi connectivity index (χ2n) is 5.60. The van der Waals surface area contributed by atoms with Gasteiger partial charge in [-0.3, -0.25) is 4.90 Å². The molecule has 1 aliphatic rings. The third-order valence-corrected chi connectivity index (χ3v) is 3.68. The first kappa shape index (κ1) is 13.9. The molecule has 96 valence electrons. The molecule has 0 bridgehead atoms. The van der Waals surface area contributed by atoms with E-state index in [0.717, 1.165) is 13.1 Å². The molecule has 0 saturated carbocycles. The second kappa shape index (κ2) is 6.58. The summed E-state index contributed by atoms with van der Waals surface area (Å²) in [7, 11) is 2.23. The number of rotatable bonds is 6. The Morgan fingerprint density at radius 1 is 1.19 bits per heavy atom. The van der Waals surface area contributed by atoms with Crippen LogP contribution in [0.4, 0.5) is 0 Å². The molecule has 0 unspecified atom stereocenters. The first-order chi connectivity index (χ1) is 7.56. The van der Waals surface area contributed by atoms with E-state index in [1.807, 2.05) is 0 Å². The van der Waals surface area contributed by atoms with Crippen LogP contribution < -0.4 is 5.32 Å². The maximum Gasteiger partial charge on any atom is 0.0166 e. The molecule has 0 aromatic carbocycles. The van der Waals surface area contributed by atoms with E-state index in [9.17, 15) is 0 Å². The highest BCUT2D eigenvalue weighted by molar-refractivity contribution is 4.85. The van der Waals surface area contributed by atoms with Crippen molar-refractivity contribution >= 4 is 0 Å². The normalized spacial score (nSPS) is 19.3. The minimum Gasteiger partial charge on any atom is -0.314 e. The van der Waals surface area contributed by atoms with Crippen molar-refractivity contribution < 1.29 is 0 Å². The van der Waals surface area contributed by atoms with Gasteiger partial charge in [0, 0.05) is 31.7 Å². The van der Waals surface area contributed by atoms with Crippen LogP contribution >= 0.6 is 0 Å². The van der Waals surface area contributed by atoms with Gasteiger partial charge in [-0.15, -0.1) is 0 Å². The number of piperazine rings is 1. The molecule has 0 amide bonds. The van der Waals surface area contributed by atoms with Crippen LogP contribution in [0.2, 0.25) is 0 Å². The monoisotopic (exact) mass is 227 g/mol. The van der Waals surface area contributed by atoms with E-state index >= 15 is 0 Å². The molecule has 1 saturated heterocycles. The molecule has 0 spiro atoms. The van der Waals surface area contributed by atoms with E-state index in [1.165, 1.54) is 39.0 Å². The van der Waals surface area contributed by atoms with Crippen LogP contribution in [0.3, 0.4) is 0 Å². The lowest BCUT2D eigenvalue weighted by Gasteiger charge is -2.42. The topological polar surface area (TPSA) is 18.5 Å². The van der Waals surface area contributed by atoms with Gasteiger partial charge in [0.2, 0.25) is 0 Å². The average molecular weight is 227 g/mol. The van der Waals surface area contributed by atoms with Crippen LogP contribution in [0.5, 0.6) is 0 Å². The van der Waals surface area contributed by atoms with E-state index in [0.29, 0.717) is 5.54 Å². The van der Waals surface area contributed by atoms with Gasteiger partial charge in [-0.1, -0.05) is 6.92 Å². The molecule has 1 rings (SSSR count). The molecule has 0 aromatic rings. The van der Waals surface area contributed by atoms with Gasteiger partial charge in [0.25, 0.3) is 0 Å². The third-order valence-electron chi connectivity index (χ3n) is 3.68. The molecule has 0 atom stereocenters. The molecule has 3 heteroatoms. The van der Waals surface area contributed by atoms with Crippen LogP contribution in [0.25, 0.3) is 0 Å². The van der Waals surface area contributed by atoms with E-state index in [1.54, 1.807) is 0 Å². The predicted octanol–water partition coefficient (Wildman–Crippen LogP) is 1.40. The molecule has 1 heterocycles. The molecule has 1 N–H and O–H groups in total. The highest BCUT2D eigenvalue weighted by Gasteiger charge is 2.27. The highest BCUT2D eigenvalue weighted by Crippen LogP contribution is 2.19. The Morgan fingerprint density at radius 3 is 2.38 bits per heavy atom. The molecule has 0 radical (unpaired) electrons. The largest absolute Gasteiger partial charge is 0.314 e. The van der Waals surface area contributed by atoms with Gasteiger partial charge < -0.3 is 10.2 Å². The summed E-state index contributed by atoms with van der Waals surface area (Å²) >= 11 is 0. The standard InChI is InChI=1S/C13H29N3/c1-5-9-15(4)10-6-13(2,3)16-11-7-14-8-12-16/h14H,5-12H2,1-4H3. The van der Waals surface area contributed by atoms with Gasteiger partial charge in [-0.05, 0) is 46.8 Å². The zero-order valence-electron chi connectivity index (χ0n) is 11.6.